The number of carboxylic acids is 1. The van der Waals surface area contributed by atoms with Gasteiger partial charge in [-0.05, 0) is 104 Å². The smallest absolute Gasteiger partial charge is 0.303 e. The van der Waals surface area contributed by atoms with E-state index in [-0.39, 0.29) is 99.4 Å². The molecule has 6 rings (SSSR count). The highest BCUT2D eigenvalue weighted by Crippen LogP contribution is 2.54. The molecule has 418 valence electrons. The molecule has 0 aromatic heterocycles. The van der Waals surface area contributed by atoms with Gasteiger partial charge in [0, 0.05) is 80.1 Å². The van der Waals surface area contributed by atoms with Crippen molar-refractivity contribution in [1.82, 2.24) is 0 Å². The third-order valence-corrected chi connectivity index (χ3v) is 16.8. The van der Waals surface area contributed by atoms with Crippen molar-refractivity contribution < 1.29 is 94.8 Å². The average molecular weight is 1140 g/mol. The minimum atomic E-state index is -5.33. The number of hydrogen-bond acceptors (Lipinski definition) is 20. The molecule has 0 fully saturated rings. The number of carboxylic acid groups (broad SMARTS) is 1. The normalized spacial score (nSPS) is 17.5. The summed E-state index contributed by atoms with van der Waals surface area (Å²) < 4.78 is 187. The van der Waals surface area contributed by atoms with Gasteiger partial charge in [-0.2, -0.15) is 4.58 Å². The molecular weight excluding hydrogens is 1080 g/mol. The van der Waals surface area contributed by atoms with E-state index < -0.39 is 76.9 Å². The molecule has 0 amide bonds. The zero-order valence-electron chi connectivity index (χ0n) is 42.6. The minimum absolute atomic E-state index is 0.00228. The van der Waals surface area contributed by atoms with Crippen LogP contribution in [0, 0.1) is 0 Å². The fraction of sp³-hybridized carbons (Fsp3) is 0.480. The van der Waals surface area contributed by atoms with Crippen molar-refractivity contribution in [1.29, 1.82) is 0 Å². The molecule has 2 aliphatic heterocycles. The fourth-order valence-corrected chi connectivity index (χ4v) is 12.4. The van der Waals surface area contributed by atoms with E-state index in [1.54, 1.807) is 50.2 Å². The third kappa shape index (κ3) is 13.9. The summed E-state index contributed by atoms with van der Waals surface area (Å²) in [4.78, 5) is 9.92. The Morgan fingerprint density at radius 2 is 1.14 bits per heavy atom. The van der Waals surface area contributed by atoms with Gasteiger partial charge in [0.05, 0.1) is 84.5 Å². The van der Waals surface area contributed by atoms with Crippen molar-refractivity contribution in [3.8, 4) is 0 Å². The van der Waals surface area contributed by atoms with E-state index >= 15 is 0 Å². The van der Waals surface area contributed by atoms with Crippen molar-refractivity contribution in [3.05, 3.63) is 83.6 Å². The van der Waals surface area contributed by atoms with Crippen LogP contribution in [0.15, 0.2) is 92.0 Å². The Morgan fingerprint density at radius 1 is 0.618 bits per heavy atom. The standard InChI is InChI=1S/C50H64N2O20S4/c1-49(2)44(51(18-8-6-7-12-46(53)54)40-16-15-37-38(47(40)49)31-35(74(58,59)60)32-42(37)75(61,62)63)10-9-11-45-50(3,17-20-69-26-27-72-29-28-71-25-23-68-5)48-39-30-34(73(55,56)57)13-14-36(39)43(76(64,65)66)33-41(48)52(45)19-21-70-24-22-67-4/h9-11,13-16,30-33H,6-8,12,17-29H2,1-5H3,(H4-,53,54,55,56,57,58,59,60,61,62,63,64,65,66)/p-3. The summed E-state index contributed by atoms with van der Waals surface area (Å²) in [5.41, 5.74) is 0.0957. The van der Waals surface area contributed by atoms with Gasteiger partial charge in [0.2, 0.25) is 5.69 Å². The lowest BCUT2D eigenvalue weighted by molar-refractivity contribution is -0.438. The molecular formula is C50H61N2O20S4-3. The van der Waals surface area contributed by atoms with E-state index in [4.69, 9.17) is 28.4 Å². The Hall–Kier alpha value is -4.78. The van der Waals surface area contributed by atoms with Gasteiger partial charge in [0.15, 0.2) is 5.71 Å². The van der Waals surface area contributed by atoms with Crippen LogP contribution in [0.4, 0.5) is 11.4 Å². The third-order valence-electron chi connectivity index (χ3n) is 13.4. The van der Waals surface area contributed by atoms with Crippen molar-refractivity contribution in [2.75, 3.05) is 98.3 Å². The maximum absolute atomic E-state index is 13.1. The lowest BCUT2D eigenvalue weighted by Crippen LogP contribution is -2.32. The van der Waals surface area contributed by atoms with Gasteiger partial charge in [0.1, 0.15) is 47.0 Å². The Bertz CT molecular complexity index is 3370. The second-order valence-corrected chi connectivity index (χ2v) is 24.2. The highest BCUT2D eigenvalue weighted by Gasteiger charge is 2.47. The molecule has 0 spiro atoms. The van der Waals surface area contributed by atoms with E-state index in [1.807, 2.05) is 11.5 Å². The molecule has 2 heterocycles. The first kappa shape index (κ1) is 60.4. The summed E-state index contributed by atoms with van der Waals surface area (Å²) in [6.07, 6.45) is 6.49. The molecule has 0 saturated carbocycles. The summed E-state index contributed by atoms with van der Waals surface area (Å²) in [6.45, 7) is 7.92. The summed E-state index contributed by atoms with van der Waals surface area (Å²) in [5.74, 6) is -0.974. The van der Waals surface area contributed by atoms with E-state index in [2.05, 4.69) is 0 Å². The van der Waals surface area contributed by atoms with Crippen LogP contribution in [-0.2, 0) is 84.5 Å². The Morgan fingerprint density at radius 3 is 1.71 bits per heavy atom. The molecule has 22 nitrogen and oxygen atoms in total. The van der Waals surface area contributed by atoms with Crippen LogP contribution in [0.1, 0.15) is 64.0 Å². The van der Waals surface area contributed by atoms with Crippen LogP contribution in [0.25, 0.3) is 21.5 Å². The predicted molar refractivity (Wildman–Crippen MR) is 272 cm³/mol. The van der Waals surface area contributed by atoms with E-state index in [0.29, 0.717) is 73.4 Å². The first-order valence-electron chi connectivity index (χ1n) is 24.1. The number of ether oxygens (including phenoxy) is 6. The lowest BCUT2D eigenvalue weighted by Gasteiger charge is -2.31. The number of aliphatic carboxylic acids is 1. The fourth-order valence-electron chi connectivity index (χ4n) is 9.88. The zero-order chi connectivity index (χ0) is 55.9. The maximum atomic E-state index is 13.1. The second kappa shape index (κ2) is 24.9. The van der Waals surface area contributed by atoms with Crippen LogP contribution in [0.5, 0.6) is 0 Å². The van der Waals surface area contributed by atoms with Crippen molar-refractivity contribution in [2.45, 2.75) is 83.3 Å². The first-order valence-corrected chi connectivity index (χ1v) is 29.7. The molecule has 76 heavy (non-hydrogen) atoms. The first-order chi connectivity index (χ1) is 35.7. The Labute approximate surface area is 442 Å². The van der Waals surface area contributed by atoms with E-state index in [9.17, 15) is 61.8 Å². The van der Waals surface area contributed by atoms with Crippen LogP contribution in [0.2, 0.25) is 0 Å². The molecule has 1 atom stereocenters. The lowest BCUT2D eigenvalue weighted by atomic mass is 9.76. The number of carbonyl (C=O) groups is 1. The number of nitrogens with zero attached hydrogens (tertiary/aromatic N) is 2. The zero-order valence-corrected chi connectivity index (χ0v) is 45.9. The molecule has 4 aromatic rings. The number of anilines is 1. The second-order valence-electron chi connectivity index (χ2n) is 18.7. The number of methoxy groups -OCH3 is 2. The van der Waals surface area contributed by atoms with Crippen LogP contribution >= 0.6 is 0 Å². The number of benzene rings is 4. The van der Waals surface area contributed by atoms with Gasteiger partial charge >= 0.3 is 5.97 Å². The monoisotopic (exact) mass is 1140 g/mol. The molecule has 1 N–H and O–H groups in total. The van der Waals surface area contributed by atoms with Gasteiger partial charge in [-0.1, -0.05) is 12.1 Å². The SMILES string of the molecule is COCCOCCOCCOCCC1(C)C(=CC=CC2=[N+](CCCCCC(=O)O)c3ccc4c(S(=O)(=O)[O-])cc(S(=O)(=O)[O-])cc4c3C2(C)C)N(CCOCCOC)c2cc(S(=O)(=O)[O-])c3ccc(S(=O)(=O)[O-])cc3c21. The van der Waals surface area contributed by atoms with Gasteiger partial charge < -0.3 is 56.6 Å². The van der Waals surface area contributed by atoms with Crippen molar-refractivity contribution >= 4 is 85.1 Å². The predicted octanol–water partition coefficient (Wildman–Crippen LogP) is 4.60. The number of allylic oxidation sites excluding steroid dienone is 4. The van der Waals surface area contributed by atoms with Crippen molar-refractivity contribution in [3.63, 3.8) is 0 Å². The number of hydrogen-bond donors (Lipinski definition) is 1. The average Bonchev–Trinajstić information content (AvgIpc) is 3.74. The molecule has 0 saturated heterocycles. The van der Waals surface area contributed by atoms with E-state index in [1.165, 1.54) is 19.2 Å². The number of fused-ring (bicyclic) bond motifs is 6. The van der Waals surface area contributed by atoms with Crippen LogP contribution in [0.3, 0.4) is 0 Å². The van der Waals surface area contributed by atoms with Gasteiger partial charge in [-0.3, -0.25) is 4.79 Å². The molecule has 4 aromatic carbocycles. The number of rotatable bonds is 30. The molecule has 2 aliphatic rings. The molecule has 0 aliphatic carbocycles. The largest absolute Gasteiger partial charge is 0.744 e. The summed E-state index contributed by atoms with van der Waals surface area (Å²) >= 11 is 0. The topological polar surface area (TPSA) is 328 Å². The summed E-state index contributed by atoms with van der Waals surface area (Å²) in [5, 5.41) is 9.08. The highest BCUT2D eigenvalue weighted by molar-refractivity contribution is 7.87. The van der Waals surface area contributed by atoms with Crippen LogP contribution in [-0.4, -0.2) is 167 Å². The van der Waals surface area contributed by atoms with E-state index in [0.717, 1.165) is 24.3 Å². The molecule has 1 unspecified atom stereocenters. The minimum Gasteiger partial charge on any atom is -0.744 e. The quantitative estimate of drug-likeness (QED) is 0.0423. The molecule has 0 bridgehead atoms. The summed E-state index contributed by atoms with van der Waals surface area (Å²) in [6, 6.07) is 8.83. The Kier molecular flexibility index (Phi) is 19.8. The van der Waals surface area contributed by atoms with Gasteiger partial charge in [-0.15, -0.1) is 0 Å². The molecule has 26 heteroatoms. The Balaban J connectivity index is 1.54. The van der Waals surface area contributed by atoms with Gasteiger partial charge in [0.25, 0.3) is 0 Å². The maximum Gasteiger partial charge on any atom is 0.303 e. The van der Waals surface area contributed by atoms with Crippen molar-refractivity contribution in [2.24, 2.45) is 0 Å². The highest BCUT2D eigenvalue weighted by atomic mass is 32.2. The molecule has 0 radical (unpaired) electrons. The van der Waals surface area contributed by atoms with Crippen LogP contribution < -0.4 is 4.90 Å². The summed E-state index contributed by atoms with van der Waals surface area (Å²) in [7, 11) is -18.0. The van der Waals surface area contributed by atoms with Gasteiger partial charge in [-0.25, -0.2) is 33.7 Å². The number of unbranched alkanes of at least 4 members (excludes halogenated alkanes) is 2.